The molecule has 3 rings (SSSR count). The lowest BCUT2D eigenvalue weighted by atomic mass is 9.96. The van der Waals surface area contributed by atoms with Gasteiger partial charge in [-0.1, -0.05) is 36.4 Å². The van der Waals surface area contributed by atoms with Crippen LogP contribution in [0, 0.1) is 5.92 Å². The first-order valence-corrected chi connectivity index (χ1v) is 9.84. The highest BCUT2D eigenvalue weighted by atomic mass is 32.2. The summed E-state index contributed by atoms with van der Waals surface area (Å²) in [5.41, 5.74) is 2.27. The predicted octanol–water partition coefficient (Wildman–Crippen LogP) is 5.16. The molecule has 2 atom stereocenters. The van der Waals surface area contributed by atoms with Crippen molar-refractivity contribution in [3.8, 4) is 0 Å². The van der Waals surface area contributed by atoms with Crippen LogP contribution in [0.5, 0.6) is 0 Å². The normalized spacial score (nSPS) is 13.3. The Labute approximate surface area is 163 Å². The summed E-state index contributed by atoms with van der Waals surface area (Å²) in [4.78, 5) is 28.4. The van der Waals surface area contributed by atoms with E-state index in [0.29, 0.717) is 12.8 Å². The second kappa shape index (κ2) is 8.91. The Morgan fingerprint density at radius 2 is 1.74 bits per heavy atom. The summed E-state index contributed by atoms with van der Waals surface area (Å²) >= 11 is 1.75. The van der Waals surface area contributed by atoms with Gasteiger partial charge in [-0.15, -0.1) is 11.8 Å². The number of thioether (sulfide) groups is 1. The average Bonchev–Trinajstić information content (AvgIpc) is 3.11. The van der Waals surface area contributed by atoms with Gasteiger partial charge >= 0.3 is 5.97 Å². The smallest absolute Gasteiger partial charge is 0.316 e. The number of hydrogen-bond acceptors (Lipinski definition) is 4. The van der Waals surface area contributed by atoms with E-state index in [-0.39, 0.29) is 11.0 Å². The van der Waals surface area contributed by atoms with E-state index in [0.717, 1.165) is 10.4 Å². The van der Waals surface area contributed by atoms with Gasteiger partial charge in [0.2, 0.25) is 0 Å². The second-order valence-electron chi connectivity index (χ2n) is 6.47. The summed E-state index contributed by atoms with van der Waals surface area (Å²) in [7, 11) is 1.33. The number of ketones is 1. The molecule has 0 bridgehead atoms. The molecule has 0 fully saturated rings. The highest BCUT2D eigenvalue weighted by Gasteiger charge is 2.27. The van der Waals surface area contributed by atoms with Gasteiger partial charge in [-0.2, -0.15) is 0 Å². The summed E-state index contributed by atoms with van der Waals surface area (Å²) in [5, 5.41) is 1.29. The van der Waals surface area contributed by atoms with E-state index < -0.39 is 11.9 Å². The summed E-state index contributed by atoms with van der Waals surface area (Å²) in [5.74, 6) is -1.31. The monoisotopic (exact) mass is 381 g/mol. The molecule has 0 aliphatic carbocycles. The number of carbonyl (C=O) groups is 2. The molecule has 4 nitrogen and oxygen atoms in total. The Bertz CT molecular complexity index is 919. The number of Topliss-reactive ketones (excluding diaryl/α,β-unsaturated/α-hetero) is 1. The largest absolute Gasteiger partial charge is 0.468 e. The van der Waals surface area contributed by atoms with Crippen molar-refractivity contribution in [3.05, 3.63) is 66.4 Å². The van der Waals surface area contributed by atoms with Gasteiger partial charge in [0, 0.05) is 27.2 Å². The first-order chi connectivity index (χ1) is 13.1. The molecule has 1 aromatic heterocycles. The van der Waals surface area contributed by atoms with Crippen molar-refractivity contribution >= 4 is 34.4 Å². The van der Waals surface area contributed by atoms with Crippen molar-refractivity contribution in [1.82, 2.24) is 4.98 Å². The zero-order chi connectivity index (χ0) is 19.2. The fourth-order valence-corrected chi connectivity index (χ4v) is 4.47. The molecule has 1 heterocycles. The molecule has 140 valence electrons. The molecule has 3 aromatic rings. The maximum atomic E-state index is 12.0. The van der Waals surface area contributed by atoms with Gasteiger partial charge in [0.05, 0.1) is 7.11 Å². The standard InChI is InChI=1S/C22H23NO3S/c1-15(24)17(22(25)26-2)12-13-21(27-16-8-4-3-5-9-16)19-14-23-20-11-7-6-10-18(19)20/h3-11,14,17,21,23H,12-13H2,1-2H3. The molecule has 0 saturated heterocycles. The van der Waals surface area contributed by atoms with E-state index in [1.54, 1.807) is 11.8 Å². The number of methoxy groups -OCH3 is 1. The van der Waals surface area contributed by atoms with Crippen LogP contribution >= 0.6 is 11.8 Å². The van der Waals surface area contributed by atoms with Crippen LogP contribution in [-0.4, -0.2) is 23.8 Å². The van der Waals surface area contributed by atoms with Gasteiger partial charge in [-0.25, -0.2) is 0 Å². The van der Waals surface area contributed by atoms with E-state index >= 15 is 0 Å². The zero-order valence-corrected chi connectivity index (χ0v) is 16.3. The highest BCUT2D eigenvalue weighted by molar-refractivity contribution is 7.99. The summed E-state index contributed by atoms with van der Waals surface area (Å²) < 4.78 is 4.81. The Kier molecular flexibility index (Phi) is 6.35. The molecule has 0 saturated carbocycles. The van der Waals surface area contributed by atoms with Gasteiger partial charge < -0.3 is 9.72 Å². The number of rotatable bonds is 8. The van der Waals surface area contributed by atoms with Gasteiger partial charge in [0.25, 0.3) is 0 Å². The Morgan fingerprint density at radius 1 is 1.04 bits per heavy atom. The van der Waals surface area contributed by atoms with Crippen LogP contribution in [0.4, 0.5) is 0 Å². The van der Waals surface area contributed by atoms with Gasteiger partial charge in [0.1, 0.15) is 11.7 Å². The molecule has 0 amide bonds. The third kappa shape index (κ3) is 4.61. The number of nitrogens with one attached hydrogen (secondary N) is 1. The lowest BCUT2D eigenvalue weighted by Crippen LogP contribution is -2.23. The molecule has 2 aromatic carbocycles. The van der Waals surface area contributed by atoms with Crippen LogP contribution in [0.15, 0.2) is 65.7 Å². The lowest BCUT2D eigenvalue weighted by molar-refractivity contribution is -0.149. The quantitative estimate of drug-likeness (QED) is 0.333. The van der Waals surface area contributed by atoms with Crippen molar-refractivity contribution < 1.29 is 14.3 Å². The van der Waals surface area contributed by atoms with Gasteiger partial charge in [-0.05, 0) is 43.5 Å². The number of aromatic amines is 1. The molecular formula is C22H23NO3S. The molecule has 0 aliphatic rings. The zero-order valence-electron chi connectivity index (χ0n) is 15.5. The van der Waals surface area contributed by atoms with Crippen LogP contribution in [0.2, 0.25) is 0 Å². The molecule has 27 heavy (non-hydrogen) atoms. The minimum atomic E-state index is -0.709. The van der Waals surface area contributed by atoms with E-state index in [1.165, 1.54) is 25.0 Å². The molecule has 1 N–H and O–H groups in total. The fraction of sp³-hybridized carbons (Fsp3) is 0.273. The minimum Gasteiger partial charge on any atom is -0.468 e. The number of para-hydroxylation sites is 1. The van der Waals surface area contributed by atoms with E-state index in [4.69, 9.17) is 4.74 Å². The third-order valence-corrected chi connectivity index (χ3v) is 6.00. The Hall–Kier alpha value is -2.53. The molecule has 5 heteroatoms. The topological polar surface area (TPSA) is 59.2 Å². The number of aromatic nitrogens is 1. The van der Waals surface area contributed by atoms with Crippen LogP contribution < -0.4 is 0 Å². The van der Waals surface area contributed by atoms with Crippen molar-refractivity contribution in [3.63, 3.8) is 0 Å². The number of hydrogen-bond donors (Lipinski definition) is 1. The molecule has 0 aliphatic heterocycles. The Balaban J connectivity index is 1.88. The number of ether oxygens (including phenoxy) is 1. The van der Waals surface area contributed by atoms with E-state index in [2.05, 4.69) is 29.2 Å². The lowest BCUT2D eigenvalue weighted by Gasteiger charge is -2.19. The number of carbonyl (C=O) groups excluding carboxylic acids is 2. The van der Waals surface area contributed by atoms with E-state index in [9.17, 15) is 9.59 Å². The number of benzene rings is 2. The van der Waals surface area contributed by atoms with Crippen LogP contribution in [-0.2, 0) is 14.3 Å². The molecule has 0 radical (unpaired) electrons. The minimum absolute atomic E-state index is 0.120. The van der Waals surface area contributed by atoms with Crippen molar-refractivity contribution in [2.75, 3.05) is 7.11 Å². The molecule has 2 unspecified atom stereocenters. The first kappa shape index (κ1) is 19.2. The van der Waals surface area contributed by atoms with E-state index in [1.807, 2.05) is 36.5 Å². The number of H-pyrrole nitrogens is 1. The molecular weight excluding hydrogens is 358 g/mol. The van der Waals surface area contributed by atoms with Gasteiger partial charge in [-0.3, -0.25) is 9.59 Å². The van der Waals surface area contributed by atoms with Gasteiger partial charge in [0.15, 0.2) is 0 Å². The summed E-state index contributed by atoms with van der Waals surface area (Å²) in [6, 6.07) is 18.4. The van der Waals surface area contributed by atoms with Crippen LogP contribution in [0.3, 0.4) is 0 Å². The van der Waals surface area contributed by atoms with Crippen molar-refractivity contribution in [1.29, 1.82) is 0 Å². The number of esters is 1. The van der Waals surface area contributed by atoms with Crippen molar-refractivity contribution in [2.45, 2.75) is 29.9 Å². The average molecular weight is 381 g/mol. The Morgan fingerprint density at radius 3 is 2.44 bits per heavy atom. The maximum absolute atomic E-state index is 12.0. The maximum Gasteiger partial charge on any atom is 0.316 e. The summed E-state index contributed by atoms with van der Waals surface area (Å²) in [6.45, 7) is 1.45. The van der Waals surface area contributed by atoms with Crippen molar-refractivity contribution in [2.24, 2.45) is 5.92 Å². The van der Waals surface area contributed by atoms with Crippen LogP contribution in [0.25, 0.3) is 10.9 Å². The third-order valence-electron chi connectivity index (χ3n) is 4.68. The summed E-state index contributed by atoms with van der Waals surface area (Å²) in [6.07, 6.45) is 3.19. The van der Waals surface area contributed by atoms with Crippen LogP contribution in [0.1, 0.15) is 30.6 Å². The highest BCUT2D eigenvalue weighted by Crippen LogP contribution is 2.42. The first-order valence-electron chi connectivity index (χ1n) is 8.96. The molecule has 0 spiro atoms. The fourth-order valence-electron chi connectivity index (χ4n) is 3.25. The SMILES string of the molecule is COC(=O)C(CCC(Sc1ccccc1)c1c[nH]c2ccccc12)C(C)=O. The second-order valence-corrected chi connectivity index (χ2v) is 7.75. The number of fused-ring (bicyclic) bond motifs is 1. The predicted molar refractivity (Wildman–Crippen MR) is 109 cm³/mol.